The second kappa shape index (κ2) is 9.14. The smallest absolute Gasteiger partial charge is 0.243 e. The van der Waals surface area contributed by atoms with E-state index < -0.39 is 10.0 Å². The van der Waals surface area contributed by atoms with Crippen molar-refractivity contribution in [2.75, 3.05) is 13.1 Å². The van der Waals surface area contributed by atoms with Crippen LogP contribution in [0.25, 0.3) is 0 Å². The minimum Gasteiger partial charge on any atom is -0.351 e. The summed E-state index contributed by atoms with van der Waals surface area (Å²) in [6.07, 6.45) is 5.85. The summed E-state index contributed by atoms with van der Waals surface area (Å²) in [5.41, 5.74) is 7.09. The molecule has 0 spiro atoms. The van der Waals surface area contributed by atoms with E-state index in [9.17, 15) is 13.2 Å². The lowest BCUT2D eigenvalue weighted by Crippen LogP contribution is -2.43. The number of rotatable bonds is 7. The first-order valence-electron chi connectivity index (χ1n) is 9.88. The fourth-order valence-corrected chi connectivity index (χ4v) is 5.19. The van der Waals surface area contributed by atoms with Crippen molar-refractivity contribution in [3.8, 4) is 0 Å². The first-order valence-corrected chi connectivity index (χ1v) is 11.3. The standard InChI is InChI=1S/C19H30N4O3S/c1-2-6-16-13-18(22-21-16)19(24)20-14-15-7-9-17(10-8-15)27(25,26)23-11-4-3-5-12-23/h7-10,16,18,21-22H,2-6,11-14H2,1H3,(H,20,24). The van der Waals surface area contributed by atoms with Crippen molar-refractivity contribution < 1.29 is 13.2 Å². The number of hydrogen-bond acceptors (Lipinski definition) is 5. The summed E-state index contributed by atoms with van der Waals surface area (Å²) in [5.74, 6) is -0.0360. The van der Waals surface area contributed by atoms with Gasteiger partial charge in [-0.05, 0) is 43.4 Å². The van der Waals surface area contributed by atoms with Crippen LogP contribution in [0.15, 0.2) is 29.2 Å². The van der Waals surface area contributed by atoms with Crippen molar-refractivity contribution in [2.24, 2.45) is 0 Å². The van der Waals surface area contributed by atoms with Crippen molar-refractivity contribution in [2.45, 2.75) is 69.0 Å². The molecular weight excluding hydrogens is 364 g/mol. The molecule has 2 aliphatic heterocycles. The first kappa shape index (κ1) is 20.3. The molecule has 2 heterocycles. The van der Waals surface area contributed by atoms with Crippen LogP contribution in [-0.4, -0.2) is 43.8 Å². The van der Waals surface area contributed by atoms with Crippen LogP contribution >= 0.6 is 0 Å². The van der Waals surface area contributed by atoms with Crippen LogP contribution < -0.4 is 16.2 Å². The maximum absolute atomic E-state index is 12.7. The van der Waals surface area contributed by atoms with Gasteiger partial charge in [-0.25, -0.2) is 13.8 Å². The molecule has 2 fully saturated rings. The van der Waals surface area contributed by atoms with E-state index in [1.54, 1.807) is 28.6 Å². The number of benzene rings is 1. The van der Waals surface area contributed by atoms with E-state index in [1.165, 1.54) is 0 Å². The van der Waals surface area contributed by atoms with Gasteiger partial charge in [0.05, 0.1) is 4.90 Å². The predicted molar refractivity (Wildman–Crippen MR) is 104 cm³/mol. The molecule has 0 aliphatic carbocycles. The first-order chi connectivity index (χ1) is 13.0. The minimum atomic E-state index is -3.41. The minimum absolute atomic E-state index is 0.0360. The molecule has 7 nitrogen and oxygen atoms in total. The molecule has 8 heteroatoms. The lowest BCUT2D eigenvalue weighted by Gasteiger charge is -2.25. The summed E-state index contributed by atoms with van der Waals surface area (Å²) in [4.78, 5) is 12.6. The summed E-state index contributed by atoms with van der Waals surface area (Å²) in [6.45, 7) is 3.72. The Bertz CT molecular complexity index is 730. The topological polar surface area (TPSA) is 90.5 Å². The monoisotopic (exact) mass is 394 g/mol. The van der Waals surface area contributed by atoms with E-state index in [1.807, 2.05) is 0 Å². The summed E-state index contributed by atoms with van der Waals surface area (Å²) in [6, 6.07) is 6.94. The van der Waals surface area contributed by atoms with Crippen LogP contribution in [0.4, 0.5) is 0 Å². The molecule has 0 saturated carbocycles. The van der Waals surface area contributed by atoms with Gasteiger partial charge in [0.1, 0.15) is 6.04 Å². The van der Waals surface area contributed by atoms with E-state index in [-0.39, 0.29) is 11.9 Å². The van der Waals surface area contributed by atoms with Gasteiger partial charge in [-0.15, -0.1) is 0 Å². The third-order valence-electron chi connectivity index (χ3n) is 5.28. The van der Waals surface area contributed by atoms with Crippen LogP contribution in [0.2, 0.25) is 0 Å². The number of carbonyl (C=O) groups is 1. The van der Waals surface area contributed by atoms with Crippen molar-refractivity contribution in [1.29, 1.82) is 0 Å². The highest BCUT2D eigenvalue weighted by atomic mass is 32.2. The second-order valence-electron chi connectivity index (χ2n) is 7.39. The van der Waals surface area contributed by atoms with Gasteiger partial charge < -0.3 is 5.32 Å². The van der Waals surface area contributed by atoms with Crippen LogP contribution in [-0.2, 0) is 21.4 Å². The zero-order valence-electron chi connectivity index (χ0n) is 15.9. The molecule has 3 rings (SSSR count). The van der Waals surface area contributed by atoms with E-state index in [0.29, 0.717) is 30.6 Å². The molecule has 150 valence electrons. The Labute approximate surface area is 161 Å². The van der Waals surface area contributed by atoms with Gasteiger partial charge in [-0.1, -0.05) is 31.9 Å². The van der Waals surface area contributed by atoms with Gasteiger partial charge in [0.15, 0.2) is 0 Å². The largest absolute Gasteiger partial charge is 0.351 e. The maximum Gasteiger partial charge on any atom is 0.243 e. The summed E-state index contributed by atoms with van der Waals surface area (Å²) in [7, 11) is -3.41. The summed E-state index contributed by atoms with van der Waals surface area (Å²) >= 11 is 0. The lowest BCUT2D eigenvalue weighted by atomic mass is 10.1. The Hall–Kier alpha value is -1.48. The molecule has 2 atom stereocenters. The van der Waals surface area contributed by atoms with Gasteiger partial charge >= 0.3 is 0 Å². The normalized spacial score (nSPS) is 24.0. The average molecular weight is 395 g/mol. The third-order valence-corrected chi connectivity index (χ3v) is 7.19. The Morgan fingerprint density at radius 1 is 1.15 bits per heavy atom. The quantitative estimate of drug-likeness (QED) is 0.652. The summed E-state index contributed by atoms with van der Waals surface area (Å²) < 4.78 is 26.9. The number of nitrogens with zero attached hydrogens (tertiary/aromatic N) is 1. The molecule has 0 bridgehead atoms. The number of amides is 1. The molecule has 0 aromatic heterocycles. The molecule has 2 aliphatic rings. The van der Waals surface area contributed by atoms with Crippen LogP contribution in [0.5, 0.6) is 0 Å². The second-order valence-corrected chi connectivity index (χ2v) is 9.33. The van der Waals surface area contributed by atoms with Crippen LogP contribution in [0.1, 0.15) is 51.0 Å². The van der Waals surface area contributed by atoms with Gasteiger partial charge in [0, 0.05) is 25.7 Å². The molecule has 3 N–H and O–H groups in total. The van der Waals surface area contributed by atoms with E-state index >= 15 is 0 Å². The fourth-order valence-electron chi connectivity index (χ4n) is 3.68. The zero-order valence-corrected chi connectivity index (χ0v) is 16.7. The van der Waals surface area contributed by atoms with Crippen LogP contribution in [0.3, 0.4) is 0 Å². The molecule has 1 amide bonds. The zero-order chi connectivity index (χ0) is 19.3. The number of piperidine rings is 1. The van der Waals surface area contributed by atoms with Crippen molar-refractivity contribution in [1.82, 2.24) is 20.5 Å². The molecule has 1 aromatic rings. The van der Waals surface area contributed by atoms with Gasteiger partial charge in [-0.3, -0.25) is 10.2 Å². The fraction of sp³-hybridized carbons (Fsp3) is 0.632. The Balaban J connectivity index is 1.53. The third kappa shape index (κ3) is 5.07. The Morgan fingerprint density at radius 3 is 2.52 bits per heavy atom. The average Bonchev–Trinajstić information content (AvgIpc) is 3.16. The highest BCUT2D eigenvalue weighted by Crippen LogP contribution is 2.21. The van der Waals surface area contributed by atoms with Crippen molar-refractivity contribution >= 4 is 15.9 Å². The highest BCUT2D eigenvalue weighted by Gasteiger charge is 2.28. The van der Waals surface area contributed by atoms with Crippen molar-refractivity contribution in [3.05, 3.63) is 29.8 Å². The molecule has 2 unspecified atom stereocenters. The number of sulfonamides is 1. The summed E-state index contributed by atoms with van der Waals surface area (Å²) in [5, 5.41) is 2.92. The number of nitrogens with one attached hydrogen (secondary N) is 3. The molecule has 0 radical (unpaired) electrons. The maximum atomic E-state index is 12.7. The molecule has 27 heavy (non-hydrogen) atoms. The van der Waals surface area contributed by atoms with Crippen molar-refractivity contribution in [3.63, 3.8) is 0 Å². The molecule has 1 aromatic carbocycles. The predicted octanol–water partition coefficient (Wildman–Crippen LogP) is 1.51. The number of hydrazine groups is 1. The van der Waals surface area contributed by atoms with E-state index in [4.69, 9.17) is 0 Å². The van der Waals surface area contributed by atoms with E-state index in [2.05, 4.69) is 23.1 Å². The highest BCUT2D eigenvalue weighted by molar-refractivity contribution is 7.89. The Morgan fingerprint density at radius 2 is 1.85 bits per heavy atom. The number of carbonyl (C=O) groups excluding carboxylic acids is 1. The number of hydrogen-bond donors (Lipinski definition) is 3. The lowest BCUT2D eigenvalue weighted by molar-refractivity contribution is -0.123. The molecular formula is C19H30N4O3S. The van der Waals surface area contributed by atoms with Gasteiger partial charge in [0.2, 0.25) is 15.9 Å². The van der Waals surface area contributed by atoms with Gasteiger partial charge in [0.25, 0.3) is 0 Å². The van der Waals surface area contributed by atoms with E-state index in [0.717, 1.165) is 44.1 Å². The molecule has 2 saturated heterocycles. The van der Waals surface area contributed by atoms with Gasteiger partial charge in [-0.2, -0.15) is 4.31 Å². The Kier molecular flexibility index (Phi) is 6.86. The SMILES string of the molecule is CCCC1CC(C(=O)NCc2ccc(S(=O)(=O)N3CCCCC3)cc2)NN1. The van der Waals surface area contributed by atoms with Crippen LogP contribution in [0, 0.1) is 0 Å².